The van der Waals surface area contributed by atoms with Crippen LogP contribution in [0, 0.1) is 21.4 Å². The van der Waals surface area contributed by atoms with Crippen LogP contribution in [0.4, 0.5) is 17.1 Å². The van der Waals surface area contributed by atoms with Crippen LogP contribution in [0.1, 0.15) is 5.56 Å². The largest absolute Gasteiger partial charge is 0.339 e. The number of nitro groups is 1. The van der Waals surface area contributed by atoms with Gasteiger partial charge in [0, 0.05) is 23.3 Å². The molecule has 7 nitrogen and oxygen atoms in total. The Balaban J connectivity index is 2.05. The van der Waals surface area contributed by atoms with E-state index in [4.69, 9.17) is 0 Å². The molecule has 0 spiro atoms. The summed E-state index contributed by atoms with van der Waals surface area (Å²) in [6.07, 6.45) is 1.14. The minimum absolute atomic E-state index is 0.0431. The van der Waals surface area contributed by atoms with Crippen molar-refractivity contribution >= 4 is 48.9 Å². The molecule has 3 aromatic carbocycles. The zero-order chi connectivity index (χ0) is 22.6. The van der Waals surface area contributed by atoms with Crippen LogP contribution in [0.15, 0.2) is 87.1 Å². The average Bonchev–Trinajstić information content (AvgIpc) is 2.77. The molecule has 0 atom stereocenters. The summed E-state index contributed by atoms with van der Waals surface area (Å²) in [5.41, 5.74) is 1.11. The molecule has 31 heavy (non-hydrogen) atoms. The molecule has 0 fully saturated rings. The number of benzene rings is 3. The first-order valence-corrected chi connectivity index (χ1v) is 11.2. The van der Waals surface area contributed by atoms with E-state index < -0.39 is 19.7 Å². The third-order valence-electron chi connectivity index (χ3n) is 4.52. The van der Waals surface area contributed by atoms with Gasteiger partial charge in [-0.2, -0.15) is 5.26 Å². The van der Waals surface area contributed by atoms with Crippen LogP contribution >= 0.6 is 15.9 Å². The van der Waals surface area contributed by atoms with Crippen molar-refractivity contribution in [2.75, 3.05) is 11.9 Å². The number of nitriles is 1. The number of sulfone groups is 1. The summed E-state index contributed by atoms with van der Waals surface area (Å²) >= 11 is 3.23. The fraction of sp³-hybridized carbons (Fsp3) is 0.0455. The third kappa shape index (κ3) is 4.82. The van der Waals surface area contributed by atoms with Gasteiger partial charge in [-0.05, 0) is 54.1 Å². The molecular weight excluding hydrogens is 482 g/mol. The van der Waals surface area contributed by atoms with Gasteiger partial charge in [-0.1, -0.05) is 40.2 Å². The number of nitro benzene ring substituents is 1. The Bertz CT molecular complexity index is 1300. The molecule has 0 amide bonds. The number of anilines is 2. The highest BCUT2D eigenvalue weighted by Crippen LogP contribution is 2.34. The van der Waals surface area contributed by atoms with Gasteiger partial charge >= 0.3 is 0 Å². The number of allylic oxidation sites excluding steroid dienone is 1. The highest BCUT2D eigenvalue weighted by molar-refractivity contribution is 9.10. The van der Waals surface area contributed by atoms with Crippen molar-refractivity contribution < 1.29 is 13.3 Å². The van der Waals surface area contributed by atoms with E-state index >= 15 is 0 Å². The van der Waals surface area contributed by atoms with E-state index in [0.29, 0.717) is 10.2 Å². The standard InChI is InChI=1S/C22H16BrN3O4S/c1-25(18-5-3-2-4-6-18)21-12-7-16(14-22(21)26(27)28)13-20(15-24)31(29,30)19-10-8-17(23)9-11-19/h2-14H,1H3/b20-13+. The SMILES string of the molecule is CN(c1ccccc1)c1ccc(/C=C(\C#N)S(=O)(=O)c2ccc(Br)cc2)cc1[N+](=O)[O-]. The molecule has 0 saturated carbocycles. The first kappa shape index (κ1) is 22.2. The maximum atomic E-state index is 12.8. The van der Waals surface area contributed by atoms with Crippen molar-refractivity contribution in [2.24, 2.45) is 0 Å². The predicted octanol–water partition coefficient (Wildman–Crippen LogP) is 5.46. The summed E-state index contributed by atoms with van der Waals surface area (Å²) in [6.45, 7) is 0. The highest BCUT2D eigenvalue weighted by Gasteiger charge is 2.23. The first-order valence-electron chi connectivity index (χ1n) is 8.93. The first-order chi connectivity index (χ1) is 14.7. The van der Waals surface area contributed by atoms with Gasteiger partial charge in [0.15, 0.2) is 0 Å². The van der Waals surface area contributed by atoms with Gasteiger partial charge in [0.2, 0.25) is 9.84 Å². The van der Waals surface area contributed by atoms with Crippen LogP contribution in [0.2, 0.25) is 0 Å². The molecular formula is C22H16BrN3O4S. The van der Waals surface area contributed by atoms with Gasteiger partial charge in [0.25, 0.3) is 5.69 Å². The van der Waals surface area contributed by atoms with Crippen LogP contribution < -0.4 is 4.90 Å². The van der Waals surface area contributed by atoms with Crippen LogP contribution in [-0.4, -0.2) is 20.4 Å². The highest BCUT2D eigenvalue weighted by atomic mass is 79.9. The molecule has 0 radical (unpaired) electrons. The molecule has 0 bridgehead atoms. The van der Waals surface area contributed by atoms with E-state index in [2.05, 4.69) is 15.9 Å². The van der Waals surface area contributed by atoms with E-state index in [9.17, 15) is 23.8 Å². The number of hydrogen-bond donors (Lipinski definition) is 0. The summed E-state index contributed by atoms with van der Waals surface area (Å²) in [7, 11) is -2.37. The topological polar surface area (TPSA) is 104 Å². The van der Waals surface area contributed by atoms with Crippen molar-refractivity contribution in [2.45, 2.75) is 4.90 Å². The molecule has 0 aliphatic rings. The molecule has 156 valence electrons. The minimum atomic E-state index is -4.07. The second-order valence-corrected chi connectivity index (χ2v) is 9.31. The average molecular weight is 498 g/mol. The molecule has 3 rings (SSSR count). The fourth-order valence-electron chi connectivity index (χ4n) is 2.91. The predicted molar refractivity (Wildman–Crippen MR) is 123 cm³/mol. The lowest BCUT2D eigenvalue weighted by atomic mass is 10.1. The number of para-hydroxylation sites is 1. The number of nitrogens with zero attached hydrogens (tertiary/aromatic N) is 3. The molecule has 9 heteroatoms. The Labute approximate surface area is 188 Å². The number of halogens is 1. The zero-order valence-electron chi connectivity index (χ0n) is 16.3. The van der Waals surface area contributed by atoms with Crippen molar-refractivity contribution in [1.82, 2.24) is 0 Å². The molecule has 0 aromatic heterocycles. The lowest BCUT2D eigenvalue weighted by Crippen LogP contribution is -2.11. The Morgan fingerprint density at radius 2 is 1.74 bits per heavy atom. The summed E-state index contributed by atoms with van der Waals surface area (Å²) in [5.74, 6) is 0. The summed E-state index contributed by atoms with van der Waals surface area (Å²) in [4.78, 5) is 12.3. The lowest BCUT2D eigenvalue weighted by molar-refractivity contribution is -0.384. The normalized spacial score (nSPS) is 11.6. The summed E-state index contributed by atoms with van der Waals surface area (Å²) in [6, 6.07) is 21.0. The van der Waals surface area contributed by atoms with Crippen molar-refractivity contribution in [3.63, 3.8) is 0 Å². The summed E-state index contributed by atoms with van der Waals surface area (Å²) in [5, 5.41) is 21.1. The quantitative estimate of drug-likeness (QED) is 0.254. The molecule has 0 unspecified atom stereocenters. The second kappa shape index (κ2) is 9.12. The smallest absolute Gasteiger partial charge is 0.293 e. The third-order valence-corrected chi connectivity index (χ3v) is 6.73. The molecule has 0 N–H and O–H groups in total. The molecule has 0 saturated heterocycles. The second-order valence-electron chi connectivity index (χ2n) is 6.48. The van der Waals surface area contributed by atoms with Crippen LogP contribution in [0.5, 0.6) is 0 Å². The minimum Gasteiger partial charge on any atom is -0.339 e. The Kier molecular flexibility index (Phi) is 6.53. The fourth-order valence-corrected chi connectivity index (χ4v) is 4.34. The van der Waals surface area contributed by atoms with E-state index in [1.807, 2.05) is 30.3 Å². The van der Waals surface area contributed by atoms with E-state index in [1.54, 1.807) is 30.1 Å². The molecule has 0 heterocycles. The van der Waals surface area contributed by atoms with E-state index in [0.717, 1.165) is 11.8 Å². The Hall–Kier alpha value is -3.48. The van der Waals surface area contributed by atoms with Gasteiger partial charge in [-0.25, -0.2) is 8.42 Å². The molecule has 0 aliphatic heterocycles. The van der Waals surface area contributed by atoms with Gasteiger partial charge in [-0.15, -0.1) is 0 Å². The molecule has 0 aliphatic carbocycles. The monoisotopic (exact) mass is 497 g/mol. The van der Waals surface area contributed by atoms with Gasteiger partial charge in [-0.3, -0.25) is 10.1 Å². The van der Waals surface area contributed by atoms with Crippen molar-refractivity contribution in [1.29, 1.82) is 5.26 Å². The van der Waals surface area contributed by atoms with Gasteiger partial charge < -0.3 is 4.90 Å². The van der Waals surface area contributed by atoms with Crippen molar-refractivity contribution in [3.8, 4) is 6.07 Å². The maximum absolute atomic E-state index is 12.8. The van der Waals surface area contributed by atoms with Crippen molar-refractivity contribution in [3.05, 3.63) is 97.9 Å². The Morgan fingerprint density at radius 3 is 2.32 bits per heavy atom. The van der Waals surface area contributed by atoms with Gasteiger partial charge in [0.05, 0.1) is 9.82 Å². The Morgan fingerprint density at radius 1 is 1.10 bits per heavy atom. The molecule has 3 aromatic rings. The van der Waals surface area contributed by atoms with E-state index in [-0.39, 0.29) is 16.1 Å². The maximum Gasteiger partial charge on any atom is 0.293 e. The number of hydrogen-bond acceptors (Lipinski definition) is 6. The lowest BCUT2D eigenvalue weighted by Gasteiger charge is -2.19. The van der Waals surface area contributed by atoms with Gasteiger partial charge in [0.1, 0.15) is 16.7 Å². The summed E-state index contributed by atoms with van der Waals surface area (Å²) < 4.78 is 26.3. The van der Waals surface area contributed by atoms with E-state index in [1.165, 1.54) is 30.3 Å². The zero-order valence-corrected chi connectivity index (χ0v) is 18.7. The van der Waals surface area contributed by atoms with Crippen LogP contribution in [0.25, 0.3) is 6.08 Å². The van der Waals surface area contributed by atoms with Crippen LogP contribution in [0.3, 0.4) is 0 Å². The van der Waals surface area contributed by atoms with Crippen LogP contribution in [-0.2, 0) is 9.84 Å². The number of rotatable bonds is 6.